The Labute approximate surface area is 164 Å². The van der Waals surface area contributed by atoms with Crippen LogP contribution in [0.5, 0.6) is 0 Å². The molecule has 6 heteroatoms. The molecule has 1 N–H and O–H groups in total. The molecule has 2 aromatic rings. The van der Waals surface area contributed by atoms with E-state index in [4.69, 9.17) is 11.6 Å². The first-order valence-corrected chi connectivity index (χ1v) is 9.26. The molecule has 1 aromatic carbocycles. The third-order valence-electron chi connectivity index (χ3n) is 4.70. The Hall–Kier alpha value is -2.66. The topological polar surface area (TPSA) is 57.6 Å². The molecule has 1 amide bonds. The Morgan fingerprint density at radius 1 is 1.37 bits per heavy atom. The number of benzene rings is 1. The van der Waals surface area contributed by atoms with Crippen LogP contribution in [0.3, 0.4) is 0 Å². The van der Waals surface area contributed by atoms with Crippen LogP contribution in [0.4, 0.5) is 5.69 Å². The van der Waals surface area contributed by atoms with Gasteiger partial charge >= 0.3 is 0 Å². The zero-order valence-electron chi connectivity index (χ0n) is 16.0. The molecular weight excluding hydrogens is 360 g/mol. The number of amides is 1. The summed E-state index contributed by atoms with van der Waals surface area (Å²) in [5, 5.41) is 4.21. The highest BCUT2D eigenvalue weighted by molar-refractivity contribution is 6.32. The summed E-state index contributed by atoms with van der Waals surface area (Å²) in [6.07, 6.45) is 5.45. The van der Waals surface area contributed by atoms with Crippen molar-refractivity contribution in [2.75, 3.05) is 11.4 Å². The molecule has 0 saturated heterocycles. The van der Waals surface area contributed by atoms with E-state index in [2.05, 4.69) is 66.3 Å². The number of likely N-dealkylation sites (N-methyl/N-ethyl adjacent to an activating group) is 1. The highest BCUT2D eigenvalue weighted by Crippen LogP contribution is 2.38. The molecule has 3 rings (SSSR count). The van der Waals surface area contributed by atoms with Crippen molar-refractivity contribution in [3.63, 3.8) is 0 Å². The lowest BCUT2D eigenvalue weighted by atomic mass is 9.88. The third kappa shape index (κ3) is 3.88. The Kier molecular flexibility index (Phi) is 5.33. The lowest BCUT2D eigenvalue weighted by molar-refractivity contribution is 0.0955. The van der Waals surface area contributed by atoms with E-state index >= 15 is 0 Å². The first-order chi connectivity index (χ1) is 12.8. The summed E-state index contributed by atoms with van der Waals surface area (Å²) in [4.78, 5) is 18.4. The third-order valence-corrected chi connectivity index (χ3v) is 5.00. The fourth-order valence-corrected chi connectivity index (χ4v) is 3.75. The molecule has 0 bridgehead atoms. The van der Waals surface area contributed by atoms with Gasteiger partial charge in [-0.25, -0.2) is 10.4 Å². The Balaban J connectivity index is 1.80. The number of hydrogen-bond donors (Lipinski definition) is 1. The molecule has 1 aliphatic rings. The van der Waals surface area contributed by atoms with Gasteiger partial charge in [0.2, 0.25) is 0 Å². The van der Waals surface area contributed by atoms with Gasteiger partial charge in [0.25, 0.3) is 5.91 Å². The van der Waals surface area contributed by atoms with E-state index in [9.17, 15) is 4.79 Å². The maximum atomic E-state index is 12.1. The van der Waals surface area contributed by atoms with Gasteiger partial charge < -0.3 is 4.90 Å². The summed E-state index contributed by atoms with van der Waals surface area (Å²) >= 11 is 5.93. The van der Waals surface area contributed by atoms with Gasteiger partial charge in [0, 0.05) is 24.0 Å². The van der Waals surface area contributed by atoms with Gasteiger partial charge in [-0.05, 0) is 63.1 Å². The van der Waals surface area contributed by atoms with E-state index in [1.807, 2.05) is 6.07 Å². The summed E-state index contributed by atoms with van der Waals surface area (Å²) in [6, 6.07) is 9.46. The fourth-order valence-electron chi connectivity index (χ4n) is 3.54. The number of anilines is 1. The summed E-state index contributed by atoms with van der Waals surface area (Å²) in [5.74, 6) is -0.391. The number of fused-ring (bicyclic) bond motifs is 1. The average Bonchev–Trinajstić information content (AvgIpc) is 2.62. The van der Waals surface area contributed by atoms with Crippen molar-refractivity contribution in [1.82, 2.24) is 10.4 Å². The predicted molar refractivity (Wildman–Crippen MR) is 111 cm³/mol. The molecule has 0 atom stereocenters. The van der Waals surface area contributed by atoms with Gasteiger partial charge in [0.05, 0.1) is 17.3 Å². The Bertz CT molecular complexity index is 934. The standard InChI is InChI=1S/C21H23ClN4O/c1-5-26-18-9-8-15(11-17(18)14(2)12-21(26,3)4)13-24-25-20(27)16-7-6-10-23-19(16)22/h6-13H,5H2,1-4H3,(H,25,27)/b24-13-. The second kappa shape index (κ2) is 7.53. The molecular formula is C21H23ClN4O. The molecule has 140 valence electrons. The van der Waals surface area contributed by atoms with Crippen molar-refractivity contribution in [1.29, 1.82) is 0 Å². The van der Waals surface area contributed by atoms with Crippen molar-refractivity contribution in [2.24, 2.45) is 5.10 Å². The van der Waals surface area contributed by atoms with Crippen LogP contribution in [0.1, 0.15) is 49.2 Å². The number of allylic oxidation sites excluding steroid dienone is 1. The summed E-state index contributed by atoms with van der Waals surface area (Å²) in [5.41, 5.74) is 7.32. The second-order valence-electron chi connectivity index (χ2n) is 7.04. The maximum Gasteiger partial charge on any atom is 0.274 e. The number of halogens is 1. The minimum absolute atomic E-state index is 0.0155. The van der Waals surface area contributed by atoms with E-state index in [0.29, 0.717) is 5.56 Å². The number of hydrazone groups is 1. The lowest BCUT2D eigenvalue weighted by Crippen LogP contribution is -2.44. The van der Waals surface area contributed by atoms with Gasteiger partial charge in [-0.15, -0.1) is 0 Å². The molecule has 0 radical (unpaired) electrons. The van der Waals surface area contributed by atoms with E-state index < -0.39 is 5.91 Å². The molecule has 0 aliphatic carbocycles. The first-order valence-electron chi connectivity index (χ1n) is 8.89. The quantitative estimate of drug-likeness (QED) is 0.480. The molecule has 5 nitrogen and oxygen atoms in total. The lowest BCUT2D eigenvalue weighted by Gasteiger charge is -2.42. The molecule has 0 fully saturated rings. The van der Waals surface area contributed by atoms with Gasteiger partial charge in [0.15, 0.2) is 0 Å². The van der Waals surface area contributed by atoms with Crippen LogP contribution in [-0.4, -0.2) is 29.2 Å². The predicted octanol–water partition coefficient (Wildman–Crippen LogP) is 4.52. The molecule has 1 aliphatic heterocycles. The average molecular weight is 383 g/mol. The SMILES string of the molecule is CCN1c2ccc(/C=N\NC(=O)c3cccnc3Cl)cc2C(C)=CC1(C)C. The van der Waals surface area contributed by atoms with Crippen molar-refractivity contribution in [3.8, 4) is 0 Å². The van der Waals surface area contributed by atoms with Crippen LogP contribution in [0.15, 0.2) is 47.7 Å². The van der Waals surface area contributed by atoms with E-state index in [0.717, 1.165) is 12.1 Å². The normalized spacial score (nSPS) is 15.4. The Morgan fingerprint density at radius 2 is 2.15 bits per heavy atom. The zero-order valence-corrected chi connectivity index (χ0v) is 16.7. The fraction of sp³-hybridized carbons (Fsp3) is 0.286. The van der Waals surface area contributed by atoms with E-state index in [1.165, 1.54) is 23.0 Å². The molecule has 1 aromatic heterocycles. The van der Waals surface area contributed by atoms with Crippen molar-refractivity contribution < 1.29 is 4.79 Å². The van der Waals surface area contributed by atoms with E-state index in [-0.39, 0.29) is 10.7 Å². The van der Waals surface area contributed by atoms with Crippen LogP contribution in [0, 0.1) is 0 Å². The van der Waals surface area contributed by atoms with Gasteiger partial charge in [-0.1, -0.05) is 23.7 Å². The van der Waals surface area contributed by atoms with Crippen molar-refractivity contribution in [2.45, 2.75) is 33.2 Å². The zero-order chi connectivity index (χ0) is 19.6. The highest BCUT2D eigenvalue weighted by Gasteiger charge is 2.29. The van der Waals surface area contributed by atoms with Gasteiger partial charge in [-0.3, -0.25) is 4.79 Å². The highest BCUT2D eigenvalue weighted by atomic mass is 35.5. The van der Waals surface area contributed by atoms with Crippen LogP contribution in [0.2, 0.25) is 5.15 Å². The second-order valence-corrected chi connectivity index (χ2v) is 7.40. The van der Waals surface area contributed by atoms with Gasteiger partial charge in [0.1, 0.15) is 5.15 Å². The van der Waals surface area contributed by atoms with Crippen LogP contribution >= 0.6 is 11.6 Å². The molecule has 0 unspecified atom stereocenters. The number of nitrogens with one attached hydrogen (secondary N) is 1. The van der Waals surface area contributed by atoms with E-state index in [1.54, 1.807) is 18.3 Å². The minimum Gasteiger partial charge on any atom is -0.363 e. The number of pyridine rings is 1. The van der Waals surface area contributed by atoms with Gasteiger partial charge in [-0.2, -0.15) is 5.10 Å². The number of rotatable bonds is 4. The van der Waals surface area contributed by atoms with Crippen LogP contribution in [-0.2, 0) is 0 Å². The number of carbonyl (C=O) groups excluding carboxylic acids is 1. The number of hydrogen-bond acceptors (Lipinski definition) is 4. The van der Waals surface area contributed by atoms with Crippen molar-refractivity contribution >= 4 is 35.0 Å². The molecule has 2 heterocycles. The monoisotopic (exact) mass is 382 g/mol. The Morgan fingerprint density at radius 3 is 2.85 bits per heavy atom. The number of carbonyl (C=O) groups is 1. The maximum absolute atomic E-state index is 12.1. The smallest absolute Gasteiger partial charge is 0.274 e. The summed E-state index contributed by atoms with van der Waals surface area (Å²) < 4.78 is 0. The van der Waals surface area contributed by atoms with Crippen molar-refractivity contribution in [3.05, 3.63) is 64.4 Å². The summed E-state index contributed by atoms with van der Waals surface area (Å²) in [6.45, 7) is 9.66. The van der Waals surface area contributed by atoms with Crippen LogP contribution in [0.25, 0.3) is 5.57 Å². The summed E-state index contributed by atoms with van der Waals surface area (Å²) in [7, 11) is 0. The number of aromatic nitrogens is 1. The molecule has 0 saturated carbocycles. The number of nitrogens with zero attached hydrogens (tertiary/aromatic N) is 3. The molecule has 0 spiro atoms. The first kappa shape index (κ1) is 19.1. The largest absolute Gasteiger partial charge is 0.363 e. The van der Waals surface area contributed by atoms with Crippen LogP contribution < -0.4 is 10.3 Å². The minimum atomic E-state index is -0.391. The molecule has 27 heavy (non-hydrogen) atoms.